The van der Waals surface area contributed by atoms with Gasteiger partial charge in [-0.3, -0.25) is 4.99 Å². The Hall–Kier alpha value is -1.33. The molecule has 5 heteroatoms. The van der Waals surface area contributed by atoms with Crippen molar-refractivity contribution in [2.45, 2.75) is 13.0 Å². The van der Waals surface area contributed by atoms with Crippen LogP contribution in [0.4, 0.5) is 0 Å². The molecular formula is C14H14N2OS2. The number of thiazole rings is 1. The normalized spacial score (nSPS) is 18.6. The van der Waals surface area contributed by atoms with E-state index in [9.17, 15) is 0 Å². The molecule has 2 heterocycles. The van der Waals surface area contributed by atoms with E-state index in [2.05, 4.69) is 41.7 Å². The lowest BCUT2D eigenvalue weighted by atomic mass is 10.2. The van der Waals surface area contributed by atoms with E-state index in [1.807, 2.05) is 0 Å². The van der Waals surface area contributed by atoms with Gasteiger partial charge in [0, 0.05) is 5.75 Å². The van der Waals surface area contributed by atoms with E-state index in [0.29, 0.717) is 0 Å². The molecule has 98 valence electrons. The average molecular weight is 290 g/mol. The number of aliphatic imine (C=N–C) groups is 1. The molecule has 1 unspecified atom stereocenters. The lowest BCUT2D eigenvalue weighted by molar-refractivity contribution is 0.273. The van der Waals surface area contributed by atoms with Crippen molar-refractivity contribution in [3.8, 4) is 0 Å². The average Bonchev–Trinajstić information content (AvgIpc) is 3.03. The summed E-state index contributed by atoms with van der Waals surface area (Å²) in [5, 5.41) is 2.00. The molecule has 0 aliphatic carbocycles. The minimum atomic E-state index is 0.0544. The Labute approximate surface area is 120 Å². The van der Waals surface area contributed by atoms with Crippen molar-refractivity contribution in [2.75, 3.05) is 12.9 Å². The summed E-state index contributed by atoms with van der Waals surface area (Å²) in [7, 11) is 1.64. The Morgan fingerprint density at radius 2 is 2.32 bits per heavy atom. The number of rotatable bonds is 3. The third kappa shape index (κ3) is 2.40. The van der Waals surface area contributed by atoms with Crippen LogP contribution in [-0.2, 0) is 4.74 Å². The van der Waals surface area contributed by atoms with Crippen LogP contribution in [0.2, 0.25) is 0 Å². The van der Waals surface area contributed by atoms with Gasteiger partial charge in [-0.25, -0.2) is 4.98 Å². The van der Waals surface area contributed by atoms with Crippen LogP contribution in [0.25, 0.3) is 10.2 Å². The summed E-state index contributed by atoms with van der Waals surface area (Å²) in [6.07, 6.45) is 0. The Balaban J connectivity index is 1.95. The van der Waals surface area contributed by atoms with Crippen molar-refractivity contribution in [1.82, 2.24) is 4.98 Å². The van der Waals surface area contributed by atoms with E-state index in [-0.39, 0.29) is 6.04 Å². The fourth-order valence-electron chi connectivity index (χ4n) is 1.92. The highest BCUT2D eigenvalue weighted by molar-refractivity contribution is 8.15. The molecule has 1 aromatic heterocycles. The number of benzene rings is 1. The van der Waals surface area contributed by atoms with Crippen molar-refractivity contribution in [2.24, 2.45) is 4.99 Å². The van der Waals surface area contributed by atoms with Crippen LogP contribution in [0, 0.1) is 6.92 Å². The van der Waals surface area contributed by atoms with Gasteiger partial charge in [-0.15, -0.1) is 23.1 Å². The van der Waals surface area contributed by atoms with Gasteiger partial charge in [0.15, 0.2) is 0 Å². The second-order valence-electron chi connectivity index (χ2n) is 4.42. The molecule has 0 fully saturated rings. The van der Waals surface area contributed by atoms with Crippen LogP contribution >= 0.6 is 23.1 Å². The number of methoxy groups -OCH3 is 1. The second-order valence-corrected chi connectivity index (χ2v) is 6.46. The van der Waals surface area contributed by atoms with Crippen LogP contribution in [0.3, 0.4) is 0 Å². The molecule has 1 aromatic carbocycles. The standard InChI is InChI=1S/C14H14N2OS2/c1-8-4-5-10-12(6-8)19-14(15-10)13-16-11(7-18-13)9(2)17-3/h4-6,11H,2,7H2,1,3H3. The molecule has 0 bridgehead atoms. The van der Waals surface area contributed by atoms with Gasteiger partial charge in [-0.2, -0.15) is 0 Å². The second kappa shape index (κ2) is 4.98. The first-order valence-corrected chi connectivity index (χ1v) is 7.78. The molecule has 19 heavy (non-hydrogen) atoms. The molecule has 0 N–H and O–H groups in total. The van der Waals surface area contributed by atoms with E-state index >= 15 is 0 Å². The number of hydrogen-bond donors (Lipinski definition) is 0. The van der Waals surface area contributed by atoms with Gasteiger partial charge in [-0.05, 0) is 24.6 Å². The first-order chi connectivity index (χ1) is 9.17. The number of hydrogen-bond acceptors (Lipinski definition) is 5. The summed E-state index contributed by atoms with van der Waals surface area (Å²) in [6, 6.07) is 6.38. The van der Waals surface area contributed by atoms with Gasteiger partial charge in [0.1, 0.15) is 21.9 Å². The van der Waals surface area contributed by atoms with Crippen LogP contribution in [0.15, 0.2) is 35.5 Å². The van der Waals surface area contributed by atoms with E-state index < -0.39 is 0 Å². The molecule has 0 amide bonds. The van der Waals surface area contributed by atoms with Crippen molar-refractivity contribution in [3.05, 3.63) is 41.1 Å². The largest absolute Gasteiger partial charge is 0.499 e. The maximum absolute atomic E-state index is 5.16. The molecule has 1 atom stereocenters. The molecule has 0 spiro atoms. The van der Waals surface area contributed by atoms with Crippen molar-refractivity contribution < 1.29 is 4.74 Å². The number of ether oxygens (including phenoxy) is 1. The number of aryl methyl sites for hydroxylation is 1. The summed E-state index contributed by atoms with van der Waals surface area (Å²) in [6.45, 7) is 5.97. The van der Waals surface area contributed by atoms with E-state index in [4.69, 9.17) is 4.74 Å². The van der Waals surface area contributed by atoms with Crippen molar-refractivity contribution >= 4 is 38.4 Å². The van der Waals surface area contributed by atoms with Crippen LogP contribution < -0.4 is 0 Å². The number of aromatic nitrogens is 1. The van der Waals surface area contributed by atoms with Crippen LogP contribution in [0.1, 0.15) is 10.6 Å². The molecule has 2 aromatic rings. The fraction of sp³-hybridized carbons (Fsp3) is 0.286. The van der Waals surface area contributed by atoms with Crippen LogP contribution in [0.5, 0.6) is 0 Å². The Morgan fingerprint density at radius 3 is 3.11 bits per heavy atom. The molecule has 3 rings (SSSR count). The summed E-state index contributed by atoms with van der Waals surface area (Å²) in [5.74, 6) is 1.61. The first-order valence-electron chi connectivity index (χ1n) is 5.98. The summed E-state index contributed by atoms with van der Waals surface area (Å²) >= 11 is 3.42. The molecule has 3 nitrogen and oxygen atoms in total. The molecule has 0 saturated carbocycles. The monoisotopic (exact) mass is 290 g/mol. The first kappa shape index (κ1) is 12.7. The SMILES string of the molecule is C=C(OC)C1CSC(c2nc3ccc(C)cc3s2)=N1. The van der Waals surface area contributed by atoms with Gasteiger partial charge < -0.3 is 4.74 Å². The maximum atomic E-state index is 5.16. The Morgan fingerprint density at radius 1 is 1.47 bits per heavy atom. The fourth-order valence-corrected chi connectivity index (χ4v) is 4.12. The number of fused-ring (bicyclic) bond motifs is 1. The lowest BCUT2D eigenvalue weighted by Gasteiger charge is -2.06. The van der Waals surface area contributed by atoms with Crippen molar-refractivity contribution in [3.63, 3.8) is 0 Å². The number of nitrogens with zero attached hydrogens (tertiary/aromatic N) is 2. The molecule has 1 aliphatic heterocycles. The van der Waals surface area contributed by atoms with Gasteiger partial charge in [0.05, 0.1) is 17.3 Å². The summed E-state index contributed by atoms with van der Waals surface area (Å²) in [4.78, 5) is 9.30. The minimum Gasteiger partial charge on any atom is -0.499 e. The van der Waals surface area contributed by atoms with Gasteiger partial charge in [0.25, 0.3) is 0 Å². The third-order valence-electron chi connectivity index (χ3n) is 3.01. The highest BCUT2D eigenvalue weighted by Gasteiger charge is 2.24. The summed E-state index contributed by atoms with van der Waals surface area (Å²) in [5.41, 5.74) is 2.30. The van der Waals surface area contributed by atoms with E-state index in [0.717, 1.165) is 27.1 Å². The zero-order valence-corrected chi connectivity index (χ0v) is 12.5. The Bertz CT molecular complexity index is 675. The summed E-state index contributed by atoms with van der Waals surface area (Å²) < 4.78 is 6.38. The lowest BCUT2D eigenvalue weighted by Crippen LogP contribution is -2.07. The molecule has 0 radical (unpaired) electrons. The third-order valence-corrected chi connectivity index (χ3v) is 5.22. The number of thioether (sulfide) groups is 1. The van der Waals surface area contributed by atoms with Gasteiger partial charge in [0.2, 0.25) is 0 Å². The zero-order chi connectivity index (χ0) is 13.4. The minimum absolute atomic E-state index is 0.0544. The van der Waals surface area contributed by atoms with Crippen LogP contribution in [-0.4, -0.2) is 28.9 Å². The Kier molecular flexibility index (Phi) is 3.33. The maximum Gasteiger partial charge on any atom is 0.149 e. The van der Waals surface area contributed by atoms with E-state index in [1.165, 1.54) is 10.3 Å². The molecule has 1 aliphatic rings. The smallest absolute Gasteiger partial charge is 0.149 e. The van der Waals surface area contributed by atoms with E-state index in [1.54, 1.807) is 30.2 Å². The van der Waals surface area contributed by atoms with Gasteiger partial charge in [-0.1, -0.05) is 12.6 Å². The highest BCUT2D eigenvalue weighted by atomic mass is 32.2. The molecular weight excluding hydrogens is 276 g/mol. The van der Waals surface area contributed by atoms with Gasteiger partial charge >= 0.3 is 0 Å². The van der Waals surface area contributed by atoms with Crippen molar-refractivity contribution in [1.29, 1.82) is 0 Å². The predicted molar refractivity (Wildman–Crippen MR) is 83.3 cm³/mol. The molecule has 0 saturated heterocycles. The predicted octanol–water partition coefficient (Wildman–Crippen LogP) is 3.63. The topological polar surface area (TPSA) is 34.5 Å². The quantitative estimate of drug-likeness (QED) is 0.810. The zero-order valence-electron chi connectivity index (χ0n) is 10.8. The highest BCUT2D eigenvalue weighted by Crippen LogP contribution is 2.31.